The molecule has 0 amide bonds. The molecule has 0 aliphatic carbocycles. The highest BCUT2D eigenvalue weighted by molar-refractivity contribution is 7.92. The molecule has 0 saturated carbocycles. The molecule has 0 bridgehead atoms. The van der Waals surface area contributed by atoms with Gasteiger partial charge in [0.2, 0.25) is 10.0 Å². The zero-order valence-electron chi connectivity index (χ0n) is 11.8. The van der Waals surface area contributed by atoms with E-state index in [9.17, 15) is 8.42 Å². The highest BCUT2D eigenvalue weighted by Crippen LogP contribution is 2.18. The Bertz CT molecular complexity index is 683. The van der Waals surface area contributed by atoms with Crippen LogP contribution in [-0.2, 0) is 10.0 Å². The summed E-state index contributed by atoms with van der Waals surface area (Å²) in [5, 5.41) is 4.33. The molecule has 7 heteroatoms. The average Bonchev–Trinajstić information content (AvgIpc) is 2.80. The summed E-state index contributed by atoms with van der Waals surface area (Å²) in [5.74, 6) is 0.972. The van der Waals surface area contributed by atoms with Gasteiger partial charge in [0.1, 0.15) is 5.82 Å². The highest BCUT2D eigenvalue weighted by Gasteiger charge is 2.15. The van der Waals surface area contributed by atoms with E-state index in [0.717, 1.165) is 11.4 Å². The molecule has 0 aliphatic heterocycles. The summed E-state index contributed by atoms with van der Waals surface area (Å²) in [6, 6.07) is 11.1. The van der Waals surface area contributed by atoms with Gasteiger partial charge in [-0.05, 0) is 31.9 Å². The molecule has 1 aromatic carbocycles. The van der Waals surface area contributed by atoms with Gasteiger partial charge in [-0.25, -0.2) is 13.1 Å². The first kappa shape index (κ1) is 15.9. The maximum absolute atomic E-state index is 12.1. The Kier molecular flexibility index (Phi) is 5.25. The molecular weight excluding hydrogens is 310 g/mol. The predicted octanol–water partition coefficient (Wildman–Crippen LogP) is 2.94. The first-order valence-electron chi connectivity index (χ1n) is 6.70. The van der Waals surface area contributed by atoms with E-state index in [1.807, 2.05) is 37.3 Å². The summed E-state index contributed by atoms with van der Waals surface area (Å²) in [5.41, 5.74) is 1.56. The first-order chi connectivity index (χ1) is 10.0. The van der Waals surface area contributed by atoms with Crippen LogP contribution in [0.25, 0.3) is 5.69 Å². The largest absolute Gasteiger partial charge is 0.267 e. The van der Waals surface area contributed by atoms with Crippen LogP contribution < -0.4 is 4.72 Å². The number of sulfonamides is 1. The lowest BCUT2D eigenvalue weighted by molar-refractivity contribution is 0.597. The van der Waals surface area contributed by atoms with Gasteiger partial charge in [-0.2, -0.15) is 5.10 Å². The Hall–Kier alpha value is -1.53. The van der Waals surface area contributed by atoms with Gasteiger partial charge in [-0.1, -0.05) is 18.2 Å². The number of benzene rings is 1. The minimum absolute atomic E-state index is 0.0543. The number of aromatic nitrogens is 2. The summed E-state index contributed by atoms with van der Waals surface area (Å²) < 4.78 is 28.3. The van der Waals surface area contributed by atoms with E-state index in [1.165, 1.54) is 0 Å². The van der Waals surface area contributed by atoms with Crippen LogP contribution in [-0.4, -0.2) is 29.8 Å². The smallest absolute Gasteiger partial charge is 0.233 e. The number of nitrogens with one attached hydrogen (secondary N) is 1. The molecule has 1 aromatic heterocycles. The Morgan fingerprint density at radius 2 is 1.95 bits per heavy atom. The number of aryl methyl sites for hydroxylation is 1. The van der Waals surface area contributed by atoms with Crippen LogP contribution >= 0.6 is 11.6 Å². The van der Waals surface area contributed by atoms with E-state index in [1.54, 1.807) is 10.7 Å². The number of hydrogen-bond donors (Lipinski definition) is 1. The van der Waals surface area contributed by atoms with Gasteiger partial charge in [-0.3, -0.25) is 4.72 Å². The number of hydrogen-bond acceptors (Lipinski definition) is 3. The molecular formula is C14H18ClN3O2S. The standard InChI is InChI=1S/C14H18ClN3O2S/c1-12-11-14(17-21(19,20)10-6-5-9-15)18(16-12)13-7-3-2-4-8-13/h2-4,7-8,11,17H,5-6,9-10H2,1H3. The molecule has 5 nitrogen and oxygen atoms in total. The van der Waals surface area contributed by atoms with E-state index >= 15 is 0 Å². The Labute approximate surface area is 130 Å². The van der Waals surface area contributed by atoms with Crippen molar-refractivity contribution < 1.29 is 8.42 Å². The van der Waals surface area contributed by atoms with Crippen LogP contribution in [0, 0.1) is 6.92 Å². The minimum atomic E-state index is -3.39. The van der Waals surface area contributed by atoms with E-state index in [2.05, 4.69) is 9.82 Å². The van der Waals surface area contributed by atoms with Crippen molar-refractivity contribution in [2.24, 2.45) is 0 Å². The third-order valence-electron chi connectivity index (χ3n) is 2.89. The first-order valence-corrected chi connectivity index (χ1v) is 8.89. The van der Waals surface area contributed by atoms with Crippen LogP contribution in [0.2, 0.25) is 0 Å². The Balaban J connectivity index is 2.21. The van der Waals surface area contributed by atoms with Crippen molar-refractivity contribution >= 4 is 27.4 Å². The van der Waals surface area contributed by atoms with Gasteiger partial charge < -0.3 is 0 Å². The van der Waals surface area contributed by atoms with Crippen molar-refractivity contribution in [2.75, 3.05) is 16.4 Å². The third-order valence-corrected chi connectivity index (χ3v) is 4.50. The molecule has 0 spiro atoms. The number of rotatable bonds is 7. The van der Waals surface area contributed by atoms with E-state index < -0.39 is 10.0 Å². The summed E-state index contributed by atoms with van der Waals surface area (Å²) in [7, 11) is -3.39. The topological polar surface area (TPSA) is 64.0 Å². The fraction of sp³-hybridized carbons (Fsp3) is 0.357. The van der Waals surface area contributed by atoms with Crippen LogP contribution in [0.3, 0.4) is 0 Å². The lowest BCUT2D eigenvalue weighted by Gasteiger charge is -2.10. The highest BCUT2D eigenvalue weighted by atomic mass is 35.5. The summed E-state index contributed by atoms with van der Waals surface area (Å²) in [6.45, 7) is 1.82. The second-order valence-corrected chi connectivity index (χ2v) is 6.96. The number of unbranched alkanes of at least 4 members (excludes halogenated alkanes) is 1. The lowest BCUT2D eigenvalue weighted by Crippen LogP contribution is -2.19. The van der Waals surface area contributed by atoms with Crippen molar-refractivity contribution in [3.8, 4) is 5.69 Å². The normalized spacial score (nSPS) is 11.5. The van der Waals surface area contributed by atoms with Crippen LogP contribution in [0.1, 0.15) is 18.5 Å². The van der Waals surface area contributed by atoms with Crippen molar-refractivity contribution in [1.82, 2.24) is 9.78 Å². The maximum atomic E-state index is 12.1. The molecule has 1 N–H and O–H groups in total. The fourth-order valence-electron chi connectivity index (χ4n) is 1.94. The maximum Gasteiger partial charge on any atom is 0.233 e. The van der Waals surface area contributed by atoms with Crippen molar-refractivity contribution in [3.63, 3.8) is 0 Å². The predicted molar refractivity (Wildman–Crippen MR) is 85.7 cm³/mol. The van der Waals surface area contributed by atoms with E-state index in [0.29, 0.717) is 24.5 Å². The number of nitrogens with zero attached hydrogens (tertiary/aromatic N) is 2. The molecule has 0 saturated heterocycles. The van der Waals surface area contributed by atoms with Gasteiger partial charge >= 0.3 is 0 Å². The lowest BCUT2D eigenvalue weighted by atomic mass is 10.3. The van der Waals surface area contributed by atoms with Crippen LogP contribution in [0.4, 0.5) is 5.82 Å². The third kappa shape index (κ3) is 4.47. The van der Waals surface area contributed by atoms with Gasteiger partial charge in [0.15, 0.2) is 0 Å². The molecule has 114 valence electrons. The molecule has 0 radical (unpaired) electrons. The van der Waals surface area contributed by atoms with Gasteiger partial charge in [0, 0.05) is 11.9 Å². The van der Waals surface area contributed by atoms with Crippen molar-refractivity contribution in [1.29, 1.82) is 0 Å². The molecule has 2 aromatic rings. The SMILES string of the molecule is Cc1cc(NS(=O)(=O)CCCCCl)n(-c2ccccc2)n1. The second-order valence-electron chi connectivity index (χ2n) is 4.74. The van der Waals surface area contributed by atoms with E-state index in [-0.39, 0.29) is 5.75 Å². The van der Waals surface area contributed by atoms with E-state index in [4.69, 9.17) is 11.6 Å². The van der Waals surface area contributed by atoms with Gasteiger partial charge in [0.05, 0.1) is 17.1 Å². The van der Waals surface area contributed by atoms with Crippen LogP contribution in [0.15, 0.2) is 36.4 Å². The number of anilines is 1. The number of halogens is 1. The minimum Gasteiger partial charge on any atom is -0.267 e. The second kappa shape index (κ2) is 6.95. The van der Waals surface area contributed by atoms with Crippen LogP contribution in [0.5, 0.6) is 0 Å². The number of para-hydroxylation sites is 1. The Morgan fingerprint density at radius 3 is 2.62 bits per heavy atom. The molecule has 21 heavy (non-hydrogen) atoms. The van der Waals surface area contributed by atoms with Crippen molar-refractivity contribution in [2.45, 2.75) is 19.8 Å². The molecule has 2 rings (SSSR count). The average molecular weight is 328 g/mol. The summed E-state index contributed by atoms with van der Waals surface area (Å²) in [4.78, 5) is 0. The monoisotopic (exact) mass is 327 g/mol. The quantitative estimate of drug-likeness (QED) is 0.628. The van der Waals surface area contributed by atoms with Gasteiger partial charge in [-0.15, -0.1) is 11.6 Å². The zero-order valence-corrected chi connectivity index (χ0v) is 13.4. The van der Waals surface area contributed by atoms with Crippen molar-refractivity contribution in [3.05, 3.63) is 42.1 Å². The number of alkyl halides is 1. The van der Waals surface area contributed by atoms with Gasteiger partial charge in [0.25, 0.3) is 0 Å². The summed E-state index contributed by atoms with van der Waals surface area (Å²) in [6.07, 6.45) is 1.22. The molecule has 0 unspecified atom stereocenters. The molecule has 0 fully saturated rings. The summed E-state index contributed by atoms with van der Waals surface area (Å²) >= 11 is 5.57. The molecule has 1 heterocycles. The Morgan fingerprint density at radius 1 is 1.24 bits per heavy atom. The molecule has 0 aliphatic rings. The zero-order chi connectivity index (χ0) is 15.3. The fourth-order valence-corrected chi connectivity index (χ4v) is 3.27. The molecule has 0 atom stereocenters.